The van der Waals surface area contributed by atoms with Crippen molar-refractivity contribution in [1.82, 2.24) is 24.8 Å². The maximum Gasteiger partial charge on any atom is 0.320 e. The first-order chi connectivity index (χ1) is 9.46. The van der Waals surface area contributed by atoms with Gasteiger partial charge < -0.3 is 14.9 Å². The van der Waals surface area contributed by atoms with Crippen LogP contribution in [0, 0.1) is 0 Å². The van der Waals surface area contributed by atoms with Crippen LogP contribution >= 0.6 is 0 Å². The maximum absolute atomic E-state index is 12.3. The van der Waals surface area contributed by atoms with E-state index in [0.29, 0.717) is 12.2 Å². The lowest BCUT2D eigenvalue weighted by Gasteiger charge is -2.50. The normalized spacial score (nSPS) is 36.9. The molecule has 0 unspecified atom stereocenters. The Bertz CT molecular complexity index is 575. The average molecular weight is 277 g/mol. The van der Waals surface area contributed by atoms with Gasteiger partial charge in [0, 0.05) is 20.1 Å². The third-order valence-electron chi connectivity index (χ3n) is 5.24. The van der Waals surface area contributed by atoms with E-state index < -0.39 is 6.10 Å². The number of hydrogen-bond acceptors (Lipinski definition) is 4. The van der Waals surface area contributed by atoms with Crippen LogP contribution in [0.5, 0.6) is 0 Å². The SMILES string of the molecule is C[C@H](O)c1cn(C23CN4C(=O)N(C)CCC4(C2)C3)nn1. The molecule has 1 atom stereocenters. The first-order valence-corrected chi connectivity index (χ1v) is 7.09. The summed E-state index contributed by atoms with van der Waals surface area (Å²) in [6.07, 6.45) is 4.18. The summed E-state index contributed by atoms with van der Waals surface area (Å²) in [6, 6.07) is 0.131. The Balaban J connectivity index is 1.64. The second kappa shape index (κ2) is 3.52. The summed E-state index contributed by atoms with van der Waals surface area (Å²) in [6.45, 7) is 3.23. The summed E-state index contributed by atoms with van der Waals surface area (Å²) in [5.74, 6) is 0. The van der Waals surface area contributed by atoms with E-state index in [1.807, 2.05) is 22.8 Å². The molecule has 3 saturated heterocycles. The smallest absolute Gasteiger partial charge is 0.320 e. The summed E-state index contributed by atoms with van der Waals surface area (Å²) < 4.78 is 1.87. The molecule has 0 aromatic carbocycles. The summed E-state index contributed by atoms with van der Waals surface area (Å²) in [5, 5.41) is 17.8. The lowest BCUT2D eigenvalue weighted by atomic mass is 9.65. The fraction of sp³-hybridized carbons (Fsp3) is 0.769. The largest absolute Gasteiger partial charge is 0.387 e. The van der Waals surface area contributed by atoms with Gasteiger partial charge in [0.25, 0.3) is 0 Å². The van der Waals surface area contributed by atoms with E-state index in [1.165, 1.54) is 0 Å². The minimum absolute atomic E-state index is 0.0422. The van der Waals surface area contributed by atoms with Crippen molar-refractivity contribution in [3.63, 3.8) is 0 Å². The predicted octanol–water partition coefficient (Wildman–Crippen LogP) is 0.330. The molecule has 7 heteroatoms. The van der Waals surface area contributed by atoms with Gasteiger partial charge in [-0.15, -0.1) is 5.10 Å². The number of aliphatic hydroxyl groups is 1. The molecule has 7 nitrogen and oxygen atoms in total. The monoisotopic (exact) mass is 277 g/mol. The highest BCUT2D eigenvalue weighted by Crippen LogP contribution is 2.60. The lowest BCUT2D eigenvalue weighted by Crippen LogP contribution is -2.60. The molecule has 1 aliphatic carbocycles. The van der Waals surface area contributed by atoms with Gasteiger partial charge in [0.05, 0.1) is 23.4 Å². The number of urea groups is 1. The van der Waals surface area contributed by atoms with Crippen LogP contribution in [-0.4, -0.2) is 61.6 Å². The van der Waals surface area contributed by atoms with Crippen LogP contribution in [0.2, 0.25) is 0 Å². The topological polar surface area (TPSA) is 74.5 Å². The van der Waals surface area contributed by atoms with Crippen molar-refractivity contribution in [2.45, 2.75) is 43.4 Å². The molecule has 1 N–H and O–H groups in total. The number of carbonyl (C=O) groups is 1. The first-order valence-electron chi connectivity index (χ1n) is 7.09. The van der Waals surface area contributed by atoms with Gasteiger partial charge in [0.2, 0.25) is 0 Å². The Hall–Kier alpha value is -1.63. The lowest BCUT2D eigenvalue weighted by molar-refractivity contribution is 0.0297. The number of hydrogen-bond donors (Lipinski definition) is 1. The fourth-order valence-electron chi connectivity index (χ4n) is 4.13. The average Bonchev–Trinajstić information content (AvgIpc) is 3.03. The van der Waals surface area contributed by atoms with E-state index in [9.17, 15) is 9.90 Å². The Kier molecular flexibility index (Phi) is 2.14. The quantitative estimate of drug-likeness (QED) is 0.845. The zero-order valence-electron chi connectivity index (χ0n) is 11.8. The molecular formula is C13H19N5O2. The van der Waals surface area contributed by atoms with Gasteiger partial charge in [-0.2, -0.15) is 0 Å². The highest BCUT2D eigenvalue weighted by atomic mass is 16.3. The van der Waals surface area contributed by atoms with E-state index in [2.05, 4.69) is 10.3 Å². The van der Waals surface area contributed by atoms with Gasteiger partial charge in [-0.1, -0.05) is 5.21 Å². The van der Waals surface area contributed by atoms with Crippen LogP contribution in [0.3, 0.4) is 0 Å². The molecular weight excluding hydrogens is 258 g/mol. The fourth-order valence-corrected chi connectivity index (χ4v) is 4.13. The zero-order valence-corrected chi connectivity index (χ0v) is 11.8. The summed E-state index contributed by atoms with van der Waals surface area (Å²) >= 11 is 0. The molecule has 108 valence electrons. The first kappa shape index (κ1) is 12.1. The number of rotatable bonds is 2. The molecule has 1 aromatic heterocycles. The minimum atomic E-state index is -0.606. The summed E-state index contributed by atoms with van der Waals surface area (Å²) in [4.78, 5) is 16.1. The van der Waals surface area contributed by atoms with Crippen LogP contribution < -0.4 is 0 Å². The molecule has 1 saturated carbocycles. The van der Waals surface area contributed by atoms with Gasteiger partial charge in [-0.05, 0) is 26.2 Å². The standard InChI is InChI=1S/C13H19N5O2/c1-9(19)10-5-18(15-14-10)13-6-12(7-13)3-4-16(2)11(20)17(12)8-13/h5,9,19H,3-4,6-8H2,1-2H3/t9-,12?,13?/m0/s1. The highest BCUT2D eigenvalue weighted by Gasteiger charge is 2.69. The Morgan fingerprint density at radius 3 is 2.80 bits per heavy atom. The number of aliphatic hydroxyl groups excluding tert-OH is 1. The maximum atomic E-state index is 12.3. The van der Waals surface area contributed by atoms with Crippen molar-refractivity contribution in [3.05, 3.63) is 11.9 Å². The van der Waals surface area contributed by atoms with Gasteiger partial charge in [-0.3, -0.25) is 0 Å². The Labute approximate surface area is 117 Å². The summed E-state index contributed by atoms with van der Waals surface area (Å²) in [7, 11) is 1.86. The molecule has 4 aliphatic rings. The highest BCUT2D eigenvalue weighted by molar-refractivity contribution is 5.77. The molecule has 4 fully saturated rings. The number of nitrogens with zero attached hydrogens (tertiary/aromatic N) is 5. The molecule has 0 radical (unpaired) electrons. The number of carbonyl (C=O) groups excluding carboxylic acids is 1. The van der Waals surface area contributed by atoms with Gasteiger partial charge in [0.1, 0.15) is 5.69 Å². The molecule has 1 spiro atoms. The van der Waals surface area contributed by atoms with Crippen LogP contribution in [0.4, 0.5) is 4.79 Å². The number of aromatic nitrogens is 3. The predicted molar refractivity (Wildman–Crippen MR) is 69.9 cm³/mol. The van der Waals surface area contributed by atoms with Crippen molar-refractivity contribution >= 4 is 6.03 Å². The van der Waals surface area contributed by atoms with Crippen molar-refractivity contribution in [2.24, 2.45) is 0 Å². The van der Waals surface area contributed by atoms with Crippen LogP contribution in [0.15, 0.2) is 6.20 Å². The minimum Gasteiger partial charge on any atom is -0.387 e. The molecule has 5 rings (SSSR count). The van der Waals surface area contributed by atoms with E-state index in [-0.39, 0.29) is 17.1 Å². The van der Waals surface area contributed by atoms with E-state index in [1.54, 1.807) is 11.8 Å². The second-order valence-electron chi connectivity index (χ2n) is 6.61. The van der Waals surface area contributed by atoms with Gasteiger partial charge >= 0.3 is 6.03 Å². The van der Waals surface area contributed by atoms with Crippen molar-refractivity contribution < 1.29 is 9.90 Å². The Morgan fingerprint density at radius 2 is 2.15 bits per heavy atom. The van der Waals surface area contributed by atoms with E-state index >= 15 is 0 Å². The van der Waals surface area contributed by atoms with Crippen LogP contribution in [0.1, 0.15) is 38.0 Å². The molecule has 2 amide bonds. The molecule has 3 aliphatic heterocycles. The second-order valence-corrected chi connectivity index (χ2v) is 6.61. The van der Waals surface area contributed by atoms with Gasteiger partial charge in [-0.25, -0.2) is 9.48 Å². The van der Waals surface area contributed by atoms with Crippen molar-refractivity contribution in [2.75, 3.05) is 20.1 Å². The van der Waals surface area contributed by atoms with E-state index in [4.69, 9.17) is 0 Å². The zero-order chi connectivity index (χ0) is 14.1. The molecule has 20 heavy (non-hydrogen) atoms. The Morgan fingerprint density at radius 1 is 1.40 bits per heavy atom. The van der Waals surface area contributed by atoms with Crippen LogP contribution in [0.25, 0.3) is 0 Å². The third-order valence-corrected chi connectivity index (χ3v) is 5.24. The molecule has 2 bridgehead atoms. The van der Waals surface area contributed by atoms with Crippen LogP contribution in [-0.2, 0) is 5.54 Å². The van der Waals surface area contributed by atoms with Crippen molar-refractivity contribution in [1.29, 1.82) is 0 Å². The number of amides is 2. The third kappa shape index (κ3) is 1.31. The molecule has 4 heterocycles. The summed E-state index contributed by atoms with van der Waals surface area (Å²) in [5.41, 5.74) is 0.523. The van der Waals surface area contributed by atoms with E-state index in [0.717, 1.165) is 25.8 Å². The van der Waals surface area contributed by atoms with Crippen molar-refractivity contribution in [3.8, 4) is 0 Å². The van der Waals surface area contributed by atoms with Gasteiger partial charge in [0.15, 0.2) is 0 Å². The molecule has 1 aromatic rings.